The van der Waals surface area contributed by atoms with Crippen LogP contribution in [0.3, 0.4) is 0 Å². The van der Waals surface area contributed by atoms with Crippen LogP contribution in [0.15, 0.2) is 18.2 Å². The molecule has 0 heterocycles. The highest BCUT2D eigenvalue weighted by molar-refractivity contribution is 5.91. The summed E-state index contributed by atoms with van der Waals surface area (Å²) in [5.41, 5.74) is 6.69. The van der Waals surface area contributed by atoms with Crippen molar-refractivity contribution in [3.8, 4) is 5.75 Å². The topological polar surface area (TPSA) is 70.8 Å². The van der Waals surface area contributed by atoms with Gasteiger partial charge in [0.2, 0.25) is 0 Å². The fourth-order valence-corrected chi connectivity index (χ4v) is 1.43. The maximum atomic E-state index is 11.7. The Morgan fingerprint density at radius 2 is 2.05 bits per heavy atom. The predicted octanol–water partition coefficient (Wildman–Crippen LogP) is 2.25. The first-order chi connectivity index (χ1) is 9.19. The van der Waals surface area contributed by atoms with Crippen molar-refractivity contribution in [1.29, 1.82) is 0 Å². The van der Waals surface area contributed by atoms with E-state index in [1.807, 2.05) is 0 Å². The maximum Gasteiger partial charge on any atom is 0.338 e. The van der Waals surface area contributed by atoms with Gasteiger partial charge in [-0.2, -0.15) is 0 Å². The average molecular weight is 267 g/mol. The van der Waals surface area contributed by atoms with Gasteiger partial charge in [0.25, 0.3) is 0 Å². The number of methoxy groups -OCH3 is 1. The number of hydrogen-bond donors (Lipinski definition) is 1. The molecule has 2 N–H and O–H groups in total. The van der Waals surface area contributed by atoms with Crippen LogP contribution < -0.4 is 10.5 Å². The molecular weight excluding hydrogens is 246 g/mol. The van der Waals surface area contributed by atoms with E-state index in [2.05, 4.69) is 6.92 Å². The molecule has 5 nitrogen and oxygen atoms in total. The van der Waals surface area contributed by atoms with Gasteiger partial charge in [-0.15, -0.1) is 0 Å². The Hall–Kier alpha value is -1.75. The van der Waals surface area contributed by atoms with Gasteiger partial charge in [0.05, 0.1) is 24.5 Å². The van der Waals surface area contributed by atoms with Crippen molar-refractivity contribution in [3.05, 3.63) is 23.8 Å². The number of hydrogen-bond acceptors (Lipinski definition) is 5. The van der Waals surface area contributed by atoms with E-state index in [0.29, 0.717) is 30.2 Å². The molecule has 0 amide bonds. The van der Waals surface area contributed by atoms with Crippen LogP contribution in [0.25, 0.3) is 0 Å². The number of carbonyl (C=O) groups excluding carboxylic acids is 1. The summed E-state index contributed by atoms with van der Waals surface area (Å²) in [5, 5.41) is 0. The molecule has 19 heavy (non-hydrogen) atoms. The van der Waals surface area contributed by atoms with E-state index in [1.165, 1.54) is 0 Å². The van der Waals surface area contributed by atoms with E-state index in [4.69, 9.17) is 19.9 Å². The molecule has 0 aliphatic carbocycles. The third-order valence-electron chi connectivity index (χ3n) is 2.52. The number of benzene rings is 1. The van der Waals surface area contributed by atoms with Gasteiger partial charge in [-0.3, -0.25) is 0 Å². The molecule has 0 atom stereocenters. The Labute approximate surface area is 113 Å². The van der Waals surface area contributed by atoms with E-state index in [9.17, 15) is 4.79 Å². The van der Waals surface area contributed by atoms with Crippen LogP contribution in [0.1, 0.15) is 30.1 Å². The van der Waals surface area contributed by atoms with Crippen molar-refractivity contribution in [2.24, 2.45) is 0 Å². The SMILES string of the molecule is CCCCOc1ccc(C(=O)OCCOC)cc1N. The monoisotopic (exact) mass is 267 g/mol. The summed E-state index contributed by atoms with van der Waals surface area (Å²) in [7, 11) is 1.55. The van der Waals surface area contributed by atoms with Crippen LogP contribution in [0.5, 0.6) is 5.75 Å². The average Bonchev–Trinajstić information content (AvgIpc) is 2.41. The molecule has 0 spiro atoms. The Morgan fingerprint density at radius 1 is 1.26 bits per heavy atom. The summed E-state index contributed by atoms with van der Waals surface area (Å²) < 4.78 is 15.3. The Bertz CT molecular complexity index is 406. The third kappa shape index (κ3) is 5.18. The van der Waals surface area contributed by atoms with Gasteiger partial charge >= 0.3 is 5.97 Å². The molecule has 0 aromatic heterocycles. The van der Waals surface area contributed by atoms with Crippen molar-refractivity contribution in [3.63, 3.8) is 0 Å². The van der Waals surface area contributed by atoms with Crippen molar-refractivity contribution in [1.82, 2.24) is 0 Å². The molecule has 0 aliphatic heterocycles. The number of esters is 1. The van der Waals surface area contributed by atoms with E-state index in [0.717, 1.165) is 12.8 Å². The van der Waals surface area contributed by atoms with E-state index >= 15 is 0 Å². The minimum atomic E-state index is -0.413. The molecule has 1 aromatic rings. The lowest BCUT2D eigenvalue weighted by atomic mass is 10.2. The first-order valence-electron chi connectivity index (χ1n) is 6.37. The second-order valence-corrected chi connectivity index (χ2v) is 4.08. The lowest BCUT2D eigenvalue weighted by Crippen LogP contribution is -2.10. The summed E-state index contributed by atoms with van der Waals surface area (Å²) in [6.07, 6.45) is 2.03. The van der Waals surface area contributed by atoms with Crippen LogP contribution in [0.2, 0.25) is 0 Å². The summed E-state index contributed by atoms with van der Waals surface area (Å²) in [4.78, 5) is 11.7. The number of ether oxygens (including phenoxy) is 3. The van der Waals surface area contributed by atoms with Crippen molar-refractivity contribution >= 4 is 11.7 Å². The van der Waals surface area contributed by atoms with Crippen LogP contribution >= 0.6 is 0 Å². The van der Waals surface area contributed by atoms with Gasteiger partial charge in [0.15, 0.2) is 0 Å². The summed E-state index contributed by atoms with van der Waals surface area (Å²) in [6, 6.07) is 4.90. The zero-order valence-corrected chi connectivity index (χ0v) is 11.5. The largest absolute Gasteiger partial charge is 0.491 e. The molecule has 106 valence electrons. The van der Waals surface area contributed by atoms with Gasteiger partial charge in [-0.25, -0.2) is 4.79 Å². The number of unbranched alkanes of at least 4 members (excludes halogenated alkanes) is 1. The second-order valence-electron chi connectivity index (χ2n) is 4.08. The molecule has 0 saturated carbocycles. The van der Waals surface area contributed by atoms with Crippen LogP contribution in [-0.2, 0) is 9.47 Å². The lowest BCUT2D eigenvalue weighted by Gasteiger charge is -2.10. The molecule has 0 unspecified atom stereocenters. The molecule has 0 bridgehead atoms. The molecular formula is C14H21NO4. The van der Waals surface area contributed by atoms with Crippen molar-refractivity contribution in [2.75, 3.05) is 32.7 Å². The molecule has 5 heteroatoms. The number of rotatable bonds is 8. The minimum Gasteiger partial charge on any atom is -0.491 e. The zero-order valence-electron chi connectivity index (χ0n) is 11.5. The Kier molecular flexibility index (Phi) is 6.74. The first kappa shape index (κ1) is 15.3. The molecule has 1 rings (SSSR count). The lowest BCUT2D eigenvalue weighted by molar-refractivity contribution is 0.0388. The normalized spacial score (nSPS) is 10.2. The fourth-order valence-electron chi connectivity index (χ4n) is 1.43. The van der Waals surface area contributed by atoms with E-state index < -0.39 is 5.97 Å². The van der Waals surface area contributed by atoms with E-state index in [1.54, 1.807) is 25.3 Å². The standard InChI is InChI=1S/C14H21NO4/c1-3-4-7-18-13-6-5-11(10-12(13)15)14(16)19-9-8-17-2/h5-6,10H,3-4,7-9,15H2,1-2H3. The minimum absolute atomic E-state index is 0.226. The third-order valence-corrected chi connectivity index (χ3v) is 2.52. The van der Waals surface area contributed by atoms with Gasteiger partial charge < -0.3 is 19.9 Å². The smallest absolute Gasteiger partial charge is 0.338 e. The van der Waals surface area contributed by atoms with Gasteiger partial charge in [0.1, 0.15) is 12.4 Å². The van der Waals surface area contributed by atoms with Crippen LogP contribution in [-0.4, -0.2) is 32.9 Å². The van der Waals surface area contributed by atoms with Gasteiger partial charge in [0, 0.05) is 7.11 Å². The summed E-state index contributed by atoms with van der Waals surface area (Å²) in [6.45, 7) is 3.31. The highest BCUT2D eigenvalue weighted by Gasteiger charge is 2.10. The van der Waals surface area contributed by atoms with Crippen LogP contribution in [0.4, 0.5) is 5.69 Å². The molecule has 0 aliphatic rings. The quantitative estimate of drug-likeness (QED) is 0.444. The fraction of sp³-hybridized carbons (Fsp3) is 0.500. The van der Waals surface area contributed by atoms with Crippen LogP contribution in [0, 0.1) is 0 Å². The second kappa shape index (κ2) is 8.37. The molecule has 1 aromatic carbocycles. The van der Waals surface area contributed by atoms with E-state index in [-0.39, 0.29) is 6.61 Å². The highest BCUT2D eigenvalue weighted by atomic mass is 16.6. The Balaban J connectivity index is 2.57. The number of nitrogen functional groups attached to an aromatic ring is 1. The summed E-state index contributed by atoms with van der Waals surface area (Å²) in [5.74, 6) is 0.186. The number of nitrogens with two attached hydrogens (primary N) is 1. The predicted molar refractivity (Wildman–Crippen MR) is 73.4 cm³/mol. The maximum absolute atomic E-state index is 11.7. The summed E-state index contributed by atoms with van der Waals surface area (Å²) >= 11 is 0. The van der Waals surface area contributed by atoms with Gasteiger partial charge in [-0.1, -0.05) is 13.3 Å². The van der Waals surface area contributed by atoms with Crippen molar-refractivity contribution in [2.45, 2.75) is 19.8 Å². The Morgan fingerprint density at radius 3 is 2.68 bits per heavy atom. The van der Waals surface area contributed by atoms with Gasteiger partial charge in [-0.05, 0) is 24.6 Å². The molecule has 0 fully saturated rings. The number of anilines is 1. The molecule has 0 radical (unpaired) electrons. The molecule has 0 saturated heterocycles. The van der Waals surface area contributed by atoms with Crippen molar-refractivity contribution < 1.29 is 19.0 Å². The highest BCUT2D eigenvalue weighted by Crippen LogP contribution is 2.23. The number of carbonyl (C=O) groups is 1. The first-order valence-corrected chi connectivity index (χ1v) is 6.37. The zero-order chi connectivity index (χ0) is 14.1.